The third-order valence-electron chi connectivity index (χ3n) is 1.99. The van der Waals surface area contributed by atoms with Crippen molar-refractivity contribution >= 4 is 0 Å². The van der Waals surface area contributed by atoms with E-state index < -0.39 is 0 Å². The number of nitrogens with zero attached hydrogens (tertiary/aromatic N) is 1. The molecule has 1 rings (SSSR count). The summed E-state index contributed by atoms with van der Waals surface area (Å²) in [5.74, 6) is 0. The van der Waals surface area contributed by atoms with E-state index in [4.69, 9.17) is 5.11 Å². The molecule has 0 saturated carbocycles. The van der Waals surface area contributed by atoms with Crippen LogP contribution in [0.3, 0.4) is 0 Å². The van der Waals surface area contributed by atoms with Gasteiger partial charge in [-0.05, 0) is 50.8 Å². The van der Waals surface area contributed by atoms with Crippen molar-refractivity contribution in [3.05, 3.63) is 29.1 Å². The fourth-order valence-corrected chi connectivity index (χ4v) is 1.47. The molecule has 0 aliphatic rings. The van der Waals surface area contributed by atoms with Crippen LogP contribution in [0.15, 0.2) is 12.1 Å². The smallest absolute Gasteiger partial charge is 0.0431 e. The summed E-state index contributed by atoms with van der Waals surface area (Å²) in [6.45, 7) is 4.39. The lowest BCUT2D eigenvalue weighted by Gasteiger charge is -2.02. The molecule has 72 valence electrons. The SMILES string of the molecule is Cc1cc(C)nc(CCCCO)c1. The molecule has 13 heavy (non-hydrogen) atoms. The molecule has 0 aliphatic heterocycles. The molecule has 2 heteroatoms. The van der Waals surface area contributed by atoms with Crippen LogP contribution in [0.2, 0.25) is 0 Å². The Morgan fingerprint density at radius 3 is 2.62 bits per heavy atom. The summed E-state index contributed by atoms with van der Waals surface area (Å²) in [5.41, 5.74) is 3.50. The number of rotatable bonds is 4. The lowest BCUT2D eigenvalue weighted by molar-refractivity contribution is 0.284. The molecule has 2 nitrogen and oxygen atoms in total. The largest absolute Gasteiger partial charge is 0.396 e. The molecule has 0 aliphatic carbocycles. The molecule has 1 N–H and O–H groups in total. The lowest BCUT2D eigenvalue weighted by Crippen LogP contribution is -1.95. The van der Waals surface area contributed by atoms with Gasteiger partial charge in [-0.3, -0.25) is 4.98 Å². The van der Waals surface area contributed by atoms with Crippen LogP contribution in [-0.2, 0) is 6.42 Å². The Morgan fingerprint density at radius 2 is 2.00 bits per heavy atom. The summed E-state index contributed by atoms with van der Waals surface area (Å²) < 4.78 is 0. The topological polar surface area (TPSA) is 33.1 Å². The molecular weight excluding hydrogens is 162 g/mol. The maximum atomic E-state index is 8.63. The van der Waals surface area contributed by atoms with Crippen LogP contribution in [0, 0.1) is 13.8 Å². The molecule has 0 unspecified atom stereocenters. The number of hydrogen-bond donors (Lipinski definition) is 1. The second-order valence-corrected chi connectivity index (χ2v) is 3.46. The number of aromatic nitrogens is 1. The minimum atomic E-state index is 0.283. The highest BCUT2D eigenvalue weighted by molar-refractivity contribution is 5.19. The zero-order valence-electron chi connectivity index (χ0n) is 8.38. The van der Waals surface area contributed by atoms with Gasteiger partial charge in [0.05, 0.1) is 0 Å². The first-order valence-corrected chi connectivity index (χ1v) is 4.77. The maximum absolute atomic E-state index is 8.63. The molecule has 0 spiro atoms. The summed E-state index contributed by atoms with van der Waals surface area (Å²) in [4.78, 5) is 4.42. The van der Waals surface area contributed by atoms with Gasteiger partial charge in [0.25, 0.3) is 0 Å². The fraction of sp³-hybridized carbons (Fsp3) is 0.545. The van der Waals surface area contributed by atoms with Crippen LogP contribution in [0.1, 0.15) is 29.8 Å². The number of aliphatic hydroxyl groups excluding tert-OH is 1. The standard InChI is InChI=1S/C11H17NO/c1-9-7-10(2)12-11(8-9)5-3-4-6-13/h7-8,13H,3-6H2,1-2H3. The highest BCUT2D eigenvalue weighted by Gasteiger charge is 1.97. The average Bonchev–Trinajstić information content (AvgIpc) is 2.03. The van der Waals surface area contributed by atoms with Crippen molar-refractivity contribution in [2.45, 2.75) is 33.1 Å². The van der Waals surface area contributed by atoms with E-state index in [2.05, 4.69) is 24.0 Å². The second kappa shape index (κ2) is 4.97. The zero-order chi connectivity index (χ0) is 9.68. The number of aliphatic hydroxyl groups is 1. The van der Waals surface area contributed by atoms with E-state index in [-0.39, 0.29) is 6.61 Å². The molecule has 1 aromatic rings. The summed E-state index contributed by atoms with van der Waals surface area (Å²) >= 11 is 0. The van der Waals surface area contributed by atoms with Crippen molar-refractivity contribution in [3.63, 3.8) is 0 Å². The van der Waals surface area contributed by atoms with Gasteiger partial charge >= 0.3 is 0 Å². The Bertz CT molecular complexity index is 251. The van der Waals surface area contributed by atoms with Crippen molar-refractivity contribution in [3.8, 4) is 0 Å². The van der Waals surface area contributed by atoms with Crippen LogP contribution >= 0.6 is 0 Å². The molecule has 0 fully saturated rings. The third-order valence-corrected chi connectivity index (χ3v) is 1.99. The second-order valence-electron chi connectivity index (χ2n) is 3.46. The fourth-order valence-electron chi connectivity index (χ4n) is 1.47. The van der Waals surface area contributed by atoms with E-state index in [0.29, 0.717) is 0 Å². The van der Waals surface area contributed by atoms with Gasteiger partial charge in [0, 0.05) is 18.0 Å². The normalized spacial score (nSPS) is 10.4. The summed E-state index contributed by atoms with van der Waals surface area (Å²) in [6.07, 6.45) is 2.87. The highest BCUT2D eigenvalue weighted by Crippen LogP contribution is 2.07. The number of aryl methyl sites for hydroxylation is 3. The molecule has 0 bridgehead atoms. The molecular formula is C11H17NO. The summed E-state index contributed by atoms with van der Waals surface area (Å²) in [7, 11) is 0. The van der Waals surface area contributed by atoms with E-state index in [1.165, 1.54) is 5.56 Å². The van der Waals surface area contributed by atoms with Gasteiger partial charge < -0.3 is 5.11 Å². The number of unbranched alkanes of at least 4 members (excludes halogenated alkanes) is 1. The first kappa shape index (κ1) is 10.2. The Labute approximate surface area is 79.6 Å². The number of pyridine rings is 1. The van der Waals surface area contributed by atoms with E-state index in [1.807, 2.05) is 6.92 Å². The minimum absolute atomic E-state index is 0.283. The molecule has 0 saturated heterocycles. The zero-order valence-corrected chi connectivity index (χ0v) is 8.38. The predicted molar refractivity (Wildman–Crippen MR) is 53.7 cm³/mol. The van der Waals surface area contributed by atoms with Gasteiger partial charge in [-0.25, -0.2) is 0 Å². The Balaban J connectivity index is 2.56. The third kappa shape index (κ3) is 3.55. The van der Waals surface area contributed by atoms with Crippen molar-refractivity contribution in [2.75, 3.05) is 6.61 Å². The van der Waals surface area contributed by atoms with Crippen LogP contribution in [0.4, 0.5) is 0 Å². The van der Waals surface area contributed by atoms with E-state index in [1.54, 1.807) is 0 Å². The van der Waals surface area contributed by atoms with Gasteiger partial charge in [-0.15, -0.1) is 0 Å². The summed E-state index contributed by atoms with van der Waals surface area (Å²) in [5, 5.41) is 8.63. The van der Waals surface area contributed by atoms with Gasteiger partial charge in [-0.2, -0.15) is 0 Å². The number of hydrogen-bond acceptors (Lipinski definition) is 2. The van der Waals surface area contributed by atoms with E-state index in [9.17, 15) is 0 Å². The first-order valence-electron chi connectivity index (χ1n) is 4.77. The van der Waals surface area contributed by atoms with Gasteiger partial charge in [-0.1, -0.05) is 0 Å². The predicted octanol–water partition coefficient (Wildman–Crippen LogP) is 2.01. The maximum Gasteiger partial charge on any atom is 0.0431 e. The molecule has 1 heterocycles. The lowest BCUT2D eigenvalue weighted by atomic mass is 10.1. The average molecular weight is 179 g/mol. The van der Waals surface area contributed by atoms with Crippen molar-refractivity contribution in [1.82, 2.24) is 4.98 Å². The van der Waals surface area contributed by atoms with E-state index in [0.717, 1.165) is 30.7 Å². The quantitative estimate of drug-likeness (QED) is 0.717. The molecule has 0 atom stereocenters. The summed E-state index contributed by atoms with van der Waals surface area (Å²) in [6, 6.07) is 4.19. The van der Waals surface area contributed by atoms with Crippen LogP contribution in [0.5, 0.6) is 0 Å². The Hall–Kier alpha value is -0.890. The van der Waals surface area contributed by atoms with Crippen LogP contribution < -0.4 is 0 Å². The van der Waals surface area contributed by atoms with Crippen molar-refractivity contribution < 1.29 is 5.11 Å². The molecule has 0 aromatic carbocycles. The minimum Gasteiger partial charge on any atom is -0.396 e. The van der Waals surface area contributed by atoms with Gasteiger partial charge in [0.15, 0.2) is 0 Å². The highest BCUT2D eigenvalue weighted by atomic mass is 16.2. The van der Waals surface area contributed by atoms with Gasteiger partial charge in [0.1, 0.15) is 0 Å². The van der Waals surface area contributed by atoms with Crippen LogP contribution in [-0.4, -0.2) is 16.7 Å². The monoisotopic (exact) mass is 179 g/mol. The van der Waals surface area contributed by atoms with Gasteiger partial charge in [0.2, 0.25) is 0 Å². The van der Waals surface area contributed by atoms with E-state index >= 15 is 0 Å². The Kier molecular flexibility index (Phi) is 3.90. The van der Waals surface area contributed by atoms with Crippen molar-refractivity contribution in [1.29, 1.82) is 0 Å². The molecule has 1 aromatic heterocycles. The molecule has 0 amide bonds. The van der Waals surface area contributed by atoms with Crippen molar-refractivity contribution in [2.24, 2.45) is 0 Å². The molecule has 0 radical (unpaired) electrons. The van der Waals surface area contributed by atoms with Crippen LogP contribution in [0.25, 0.3) is 0 Å². The first-order chi connectivity index (χ1) is 6.22. The Morgan fingerprint density at radius 1 is 1.23 bits per heavy atom.